The van der Waals surface area contributed by atoms with E-state index in [1.807, 2.05) is 0 Å². The van der Waals surface area contributed by atoms with Crippen LogP contribution in [0.1, 0.15) is 19.4 Å². The van der Waals surface area contributed by atoms with Crippen LogP contribution in [0.15, 0.2) is 18.2 Å². The van der Waals surface area contributed by atoms with Gasteiger partial charge in [0.05, 0.1) is 0 Å². The van der Waals surface area contributed by atoms with Crippen LogP contribution in [0.3, 0.4) is 0 Å². The molecule has 0 saturated heterocycles. The lowest BCUT2D eigenvalue weighted by molar-refractivity contribution is 1.18. The molecule has 2 heteroatoms. The monoisotopic (exact) mass is 178 g/mol. The smallest absolute Gasteiger partial charge is 0.0390 e. The Morgan fingerprint density at radius 3 is 2.38 bits per heavy atom. The van der Waals surface area contributed by atoms with Gasteiger partial charge >= 0.3 is 0 Å². The van der Waals surface area contributed by atoms with Crippen molar-refractivity contribution in [1.82, 2.24) is 0 Å². The Morgan fingerprint density at radius 1 is 1.08 bits per heavy atom. The summed E-state index contributed by atoms with van der Waals surface area (Å²) in [5.74, 6) is 0. The van der Waals surface area contributed by atoms with E-state index >= 15 is 0 Å². The summed E-state index contributed by atoms with van der Waals surface area (Å²) in [4.78, 5) is 0. The molecule has 2 nitrogen and oxygen atoms in total. The van der Waals surface area contributed by atoms with Crippen LogP contribution >= 0.6 is 0 Å². The molecule has 0 aliphatic heterocycles. The first-order valence-electron chi connectivity index (χ1n) is 4.86. The lowest BCUT2D eigenvalue weighted by Gasteiger charge is -2.10. The van der Waals surface area contributed by atoms with Gasteiger partial charge in [0.1, 0.15) is 0 Å². The van der Waals surface area contributed by atoms with Crippen molar-refractivity contribution in [2.24, 2.45) is 0 Å². The first kappa shape index (κ1) is 9.90. The van der Waals surface area contributed by atoms with Gasteiger partial charge in [-0.15, -0.1) is 0 Å². The molecule has 0 aromatic heterocycles. The predicted molar refractivity (Wildman–Crippen MR) is 59.5 cm³/mol. The molecular weight excluding hydrogens is 160 g/mol. The van der Waals surface area contributed by atoms with Crippen molar-refractivity contribution < 1.29 is 0 Å². The van der Waals surface area contributed by atoms with Gasteiger partial charge < -0.3 is 10.6 Å². The highest BCUT2D eigenvalue weighted by atomic mass is 14.9. The Hall–Kier alpha value is -1.18. The molecule has 0 fully saturated rings. The van der Waals surface area contributed by atoms with Crippen LogP contribution in [0.5, 0.6) is 0 Å². The third-order valence-corrected chi connectivity index (χ3v) is 1.99. The molecule has 0 unspecified atom stereocenters. The number of benzene rings is 1. The maximum absolute atomic E-state index is 3.33. The molecular formula is C11H18N2. The average molecular weight is 178 g/mol. The molecule has 0 bridgehead atoms. The number of anilines is 2. The number of hydrogen-bond acceptors (Lipinski definition) is 2. The molecule has 0 aliphatic rings. The quantitative estimate of drug-likeness (QED) is 0.740. The SMILES string of the molecule is CCNc1ccc(C)c(NCC)c1. The zero-order chi connectivity index (χ0) is 9.68. The molecule has 72 valence electrons. The molecule has 0 aliphatic carbocycles. The summed E-state index contributed by atoms with van der Waals surface area (Å²) in [6.07, 6.45) is 0. The van der Waals surface area contributed by atoms with Crippen LogP contribution < -0.4 is 10.6 Å². The highest BCUT2D eigenvalue weighted by molar-refractivity contribution is 5.60. The van der Waals surface area contributed by atoms with E-state index in [1.54, 1.807) is 0 Å². The minimum atomic E-state index is 0.967. The van der Waals surface area contributed by atoms with E-state index in [-0.39, 0.29) is 0 Å². The van der Waals surface area contributed by atoms with E-state index in [9.17, 15) is 0 Å². The van der Waals surface area contributed by atoms with Crippen LogP contribution in [0.2, 0.25) is 0 Å². The number of aryl methyl sites for hydroxylation is 1. The molecule has 1 rings (SSSR count). The van der Waals surface area contributed by atoms with Crippen LogP contribution in [-0.4, -0.2) is 13.1 Å². The summed E-state index contributed by atoms with van der Waals surface area (Å²) in [5, 5.41) is 6.63. The van der Waals surface area contributed by atoms with Gasteiger partial charge in [-0.3, -0.25) is 0 Å². The van der Waals surface area contributed by atoms with Crippen LogP contribution in [0, 0.1) is 6.92 Å². The van der Waals surface area contributed by atoms with Gasteiger partial charge in [0.15, 0.2) is 0 Å². The highest BCUT2D eigenvalue weighted by Crippen LogP contribution is 2.19. The normalized spacial score (nSPS) is 9.77. The topological polar surface area (TPSA) is 24.1 Å². The fourth-order valence-electron chi connectivity index (χ4n) is 1.32. The van der Waals surface area contributed by atoms with Gasteiger partial charge in [-0.1, -0.05) is 6.07 Å². The summed E-state index contributed by atoms with van der Waals surface area (Å²) in [5.41, 5.74) is 3.70. The van der Waals surface area contributed by atoms with Crippen LogP contribution in [0.4, 0.5) is 11.4 Å². The molecule has 13 heavy (non-hydrogen) atoms. The molecule has 0 radical (unpaired) electrons. The Bertz CT molecular complexity index is 269. The second kappa shape index (κ2) is 4.75. The fourth-order valence-corrected chi connectivity index (χ4v) is 1.32. The van der Waals surface area contributed by atoms with Gasteiger partial charge in [-0.05, 0) is 38.5 Å². The van der Waals surface area contributed by atoms with E-state index in [4.69, 9.17) is 0 Å². The third kappa shape index (κ3) is 2.65. The number of hydrogen-bond donors (Lipinski definition) is 2. The lowest BCUT2D eigenvalue weighted by atomic mass is 10.2. The highest BCUT2D eigenvalue weighted by Gasteiger charge is 1.97. The summed E-state index contributed by atoms with van der Waals surface area (Å²) >= 11 is 0. The van der Waals surface area contributed by atoms with Crippen molar-refractivity contribution in [2.45, 2.75) is 20.8 Å². The maximum Gasteiger partial charge on any atom is 0.0390 e. The van der Waals surface area contributed by atoms with Gasteiger partial charge in [0.25, 0.3) is 0 Å². The molecule has 1 aromatic carbocycles. The first-order valence-corrected chi connectivity index (χ1v) is 4.86. The average Bonchev–Trinajstić information content (AvgIpc) is 2.12. The Morgan fingerprint density at radius 2 is 1.77 bits per heavy atom. The second-order valence-corrected chi connectivity index (χ2v) is 3.09. The van der Waals surface area contributed by atoms with E-state index < -0.39 is 0 Å². The molecule has 2 N–H and O–H groups in total. The van der Waals surface area contributed by atoms with Crippen LogP contribution in [0.25, 0.3) is 0 Å². The fraction of sp³-hybridized carbons (Fsp3) is 0.455. The number of rotatable bonds is 4. The molecule has 0 spiro atoms. The molecule has 0 saturated carbocycles. The van der Waals surface area contributed by atoms with Gasteiger partial charge in [0.2, 0.25) is 0 Å². The second-order valence-electron chi connectivity index (χ2n) is 3.09. The zero-order valence-corrected chi connectivity index (χ0v) is 8.65. The Balaban J connectivity index is 2.83. The van der Waals surface area contributed by atoms with Gasteiger partial charge in [0, 0.05) is 24.5 Å². The summed E-state index contributed by atoms with van der Waals surface area (Å²) in [6, 6.07) is 6.40. The first-order chi connectivity index (χ1) is 6.27. The van der Waals surface area contributed by atoms with E-state index in [0.717, 1.165) is 13.1 Å². The third-order valence-electron chi connectivity index (χ3n) is 1.99. The predicted octanol–water partition coefficient (Wildman–Crippen LogP) is 2.86. The largest absolute Gasteiger partial charge is 0.385 e. The van der Waals surface area contributed by atoms with Crippen molar-refractivity contribution in [2.75, 3.05) is 23.7 Å². The van der Waals surface area contributed by atoms with Crippen molar-refractivity contribution in [3.8, 4) is 0 Å². The molecule has 0 heterocycles. The summed E-state index contributed by atoms with van der Waals surface area (Å²) in [6.45, 7) is 8.27. The lowest BCUT2D eigenvalue weighted by Crippen LogP contribution is -2.01. The van der Waals surface area contributed by atoms with E-state index in [2.05, 4.69) is 49.6 Å². The standard InChI is InChI=1S/C11H18N2/c1-4-12-10-7-6-9(3)11(8-10)13-5-2/h6-8,12-13H,4-5H2,1-3H3. The minimum absolute atomic E-state index is 0.967. The van der Waals surface area contributed by atoms with E-state index in [1.165, 1.54) is 16.9 Å². The number of nitrogens with one attached hydrogen (secondary N) is 2. The Kier molecular flexibility index (Phi) is 3.62. The van der Waals surface area contributed by atoms with Crippen LogP contribution in [-0.2, 0) is 0 Å². The maximum atomic E-state index is 3.33. The summed E-state index contributed by atoms with van der Waals surface area (Å²) < 4.78 is 0. The van der Waals surface area contributed by atoms with Crippen molar-refractivity contribution in [1.29, 1.82) is 0 Å². The van der Waals surface area contributed by atoms with E-state index in [0.29, 0.717) is 0 Å². The summed E-state index contributed by atoms with van der Waals surface area (Å²) in [7, 11) is 0. The Labute approximate surface area is 80.4 Å². The molecule has 1 aromatic rings. The minimum Gasteiger partial charge on any atom is -0.385 e. The molecule has 0 amide bonds. The van der Waals surface area contributed by atoms with Gasteiger partial charge in [-0.25, -0.2) is 0 Å². The van der Waals surface area contributed by atoms with Gasteiger partial charge in [-0.2, -0.15) is 0 Å². The zero-order valence-electron chi connectivity index (χ0n) is 8.65. The van der Waals surface area contributed by atoms with Crippen molar-refractivity contribution in [3.63, 3.8) is 0 Å². The van der Waals surface area contributed by atoms with Crippen molar-refractivity contribution >= 4 is 11.4 Å². The van der Waals surface area contributed by atoms with Crippen molar-refractivity contribution in [3.05, 3.63) is 23.8 Å². The molecule has 0 atom stereocenters.